The van der Waals surface area contributed by atoms with Gasteiger partial charge in [0.25, 0.3) is 0 Å². The normalized spacial score (nSPS) is 18.0. The number of rotatable bonds is 0. The molecule has 0 aromatic rings. The van der Waals surface area contributed by atoms with Crippen LogP contribution in [-0.2, 0) is 4.74 Å². The molecule has 0 N–H and O–H groups in total. The Labute approximate surface area is 58.4 Å². The first-order valence-electron chi connectivity index (χ1n) is 3.99. The van der Waals surface area contributed by atoms with E-state index >= 15 is 0 Å². The third kappa shape index (κ3) is 7.96. The molecule has 0 saturated carbocycles. The Bertz CT molecular complexity index is 28.3. The van der Waals surface area contributed by atoms with Crippen LogP contribution in [0.3, 0.4) is 0 Å². The SMILES string of the molecule is C1CCOCC1.CCC. The molecule has 56 valence electrons. The van der Waals surface area contributed by atoms with E-state index in [1.54, 1.807) is 0 Å². The Hall–Kier alpha value is -0.0400. The molecule has 1 aliphatic rings. The van der Waals surface area contributed by atoms with E-state index in [2.05, 4.69) is 13.8 Å². The second kappa shape index (κ2) is 7.96. The quantitative estimate of drug-likeness (QED) is 0.489. The predicted octanol–water partition coefficient (Wildman–Crippen LogP) is 2.60. The molecular formula is C8H18O. The fraction of sp³-hybridized carbons (Fsp3) is 1.00. The van der Waals surface area contributed by atoms with Crippen molar-refractivity contribution in [3.8, 4) is 0 Å². The van der Waals surface area contributed by atoms with Gasteiger partial charge in [-0.25, -0.2) is 0 Å². The van der Waals surface area contributed by atoms with E-state index in [1.807, 2.05) is 0 Å². The average Bonchev–Trinajstić information content (AvgIpc) is 1.93. The monoisotopic (exact) mass is 130 g/mol. The van der Waals surface area contributed by atoms with Gasteiger partial charge >= 0.3 is 0 Å². The van der Waals surface area contributed by atoms with Crippen molar-refractivity contribution in [3.63, 3.8) is 0 Å². The molecule has 0 unspecified atom stereocenters. The van der Waals surface area contributed by atoms with Gasteiger partial charge in [0, 0.05) is 13.2 Å². The van der Waals surface area contributed by atoms with Crippen LogP contribution in [-0.4, -0.2) is 13.2 Å². The highest BCUT2D eigenvalue weighted by molar-refractivity contribution is 4.45. The van der Waals surface area contributed by atoms with Crippen molar-refractivity contribution >= 4 is 0 Å². The summed E-state index contributed by atoms with van der Waals surface area (Å²) in [7, 11) is 0. The molecule has 1 saturated heterocycles. The Balaban J connectivity index is 0.000000187. The van der Waals surface area contributed by atoms with Gasteiger partial charge in [0.15, 0.2) is 0 Å². The zero-order valence-corrected chi connectivity index (χ0v) is 6.65. The minimum absolute atomic E-state index is 1.00. The van der Waals surface area contributed by atoms with Crippen molar-refractivity contribution in [3.05, 3.63) is 0 Å². The summed E-state index contributed by atoms with van der Waals surface area (Å²) in [6.45, 7) is 6.25. The van der Waals surface area contributed by atoms with Crippen LogP contribution >= 0.6 is 0 Å². The van der Waals surface area contributed by atoms with Crippen molar-refractivity contribution in [2.75, 3.05) is 13.2 Å². The fourth-order valence-electron chi connectivity index (χ4n) is 0.687. The Morgan fingerprint density at radius 1 is 1.00 bits per heavy atom. The largest absolute Gasteiger partial charge is 0.381 e. The van der Waals surface area contributed by atoms with Gasteiger partial charge in [0.1, 0.15) is 0 Å². The highest BCUT2D eigenvalue weighted by Crippen LogP contribution is 2.02. The smallest absolute Gasteiger partial charge is 0.0466 e. The minimum atomic E-state index is 1.00. The summed E-state index contributed by atoms with van der Waals surface area (Å²) in [5.41, 5.74) is 0. The number of hydrogen-bond donors (Lipinski definition) is 0. The summed E-state index contributed by atoms with van der Waals surface area (Å²) in [4.78, 5) is 0. The molecule has 0 aliphatic carbocycles. The molecular weight excluding hydrogens is 112 g/mol. The third-order valence-electron chi connectivity index (χ3n) is 1.08. The minimum Gasteiger partial charge on any atom is -0.381 e. The molecule has 0 atom stereocenters. The van der Waals surface area contributed by atoms with Gasteiger partial charge in [-0.05, 0) is 19.3 Å². The summed E-state index contributed by atoms with van der Waals surface area (Å²) >= 11 is 0. The Kier molecular flexibility index (Phi) is 7.92. The van der Waals surface area contributed by atoms with Crippen LogP contribution in [0.4, 0.5) is 0 Å². The summed E-state index contributed by atoms with van der Waals surface area (Å²) < 4.78 is 5.07. The van der Waals surface area contributed by atoms with Crippen molar-refractivity contribution in [2.45, 2.75) is 39.5 Å². The highest BCUT2D eigenvalue weighted by Gasteiger charge is 1.94. The highest BCUT2D eigenvalue weighted by atomic mass is 16.5. The molecule has 1 rings (SSSR count). The lowest BCUT2D eigenvalue weighted by atomic mass is 10.2. The fourth-order valence-corrected chi connectivity index (χ4v) is 0.687. The van der Waals surface area contributed by atoms with Gasteiger partial charge in [0.05, 0.1) is 0 Å². The molecule has 1 fully saturated rings. The van der Waals surface area contributed by atoms with E-state index in [-0.39, 0.29) is 0 Å². The molecule has 1 nitrogen and oxygen atoms in total. The number of hydrogen-bond acceptors (Lipinski definition) is 1. The van der Waals surface area contributed by atoms with Crippen molar-refractivity contribution in [1.29, 1.82) is 0 Å². The standard InChI is InChI=1S/C5H10O.C3H8/c1-2-4-6-5-3-1;1-3-2/h1-5H2;3H2,1-2H3. The number of ether oxygens (including phenoxy) is 1. The summed E-state index contributed by atoms with van der Waals surface area (Å²) in [6, 6.07) is 0. The van der Waals surface area contributed by atoms with E-state index in [4.69, 9.17) is 4.74 Å². The van der Waals surface area contributed by atoms with Crippen LogP contribution in [0.5, 0.6) is 0 Å². The molecule has 0 aromatic heterocycles. The summed E-state index contributed by atoms with van der Waals surface area (Å²) in [6.07, 6.45) is 5.18. The second-order valence-corrected chi connectivity index (χ2v) is 2.38. The molecule has 0 radical (unpaired) electrons. The first kappa shape index (κ1) is 8.96. The molecule has 1 aliphatic heterocycles. The van der Waals surface area contributed by atoms with E-state index in [9.17, 15) is 0 Å². The van der Waals surface area contributed by atoms with Gasteiger partial charge in [0.2, 0.25) is 0 Å². The lowest BCUT2D eigenvalue weighted by Crippen LogP contribution is -2.03. The van der Waals surface area contributed by atoms with Gasteiger partial charge in [-0.2, -0.15) is 0 Å². The van der Waals surface area contributed by atoms with Crippen molar-refractivity contribution in [2.24, 2.45) is 0 Å². The maximum absolute atomic E-state index is 5.07. The molecule has 1 heterocycles. The third-order valence-corrected chi connectivity index (χ3v) is 1.08. The molecule has 0 amide bonds. The zero-order valence-electron chi connectivity index (χ0n) is 6.65. The lowest BCUT2D eigenvalue weighted by Gasteiger charge is -2.08. The van der Waals surface area contributed by atoms with Crippen LogP contribution in [0.2, 0.25) is 0 Å². The van der Waals surface area contributed by atoms with Crippen LogP contribution in [0.25, 0.3) is 0 Å². The lowest BCUT2D eigenvalue weighted by molar-refractivity contribution is 0.0968. The first-order chi connectivity index (χ1) is 4.41. The second-order valence-electron chi connectivity index (χ2n) is 2.38. The van der Waals surface area contributed by atoms with E-state index in [0.717, 1.165) is 13.2 Å². The van der Waals surface area contributed by atoms with Crippen LogP contribution in [0, 0.1) is 0 Å². The summed E-state index contributed by atoms with van der Waals surface area (Å²) in [5, 5.41) is 0. The van der Waals surface area contributed by atoms with Gasteiger partial charge < -0.3 is 4.74 Å². The van der Waals surface area contributed by atoms with E-state index in [0.29, 0.717) is 0 Å². The van der Waals surface area contributed by atoms with Gasteiger partial charge in [-0.1, -0.05) is 20.3 Å². The average molecular weight is 130 g/mol. The van der Waals surface area contributed by atoms with Crippen LogP contribution in [0.1, 0.15) is 39.5 Å². The Morgan fingerprint density at radius 3 is 1.56 bits per heavy atom. The molecule has 1 heteroatoms. The first-order valence-corrected chi connectivity index (χ1v) is 3.99. The maximum atomic E-state index is 5.07. The molecule has 9 heavy (non-hydrogen) atoms. The van der Waals surface area contributed by atoms with E-state index < -0.39 is 0 Å². The van der Waals surface area contributed by atoms with Crippen LogP contribution < -0.4 is 0 Å². The van der Waals surface area contributed by atoms with E-state index in [1.165, 1.54) is 25.7 Å². The summed E-state index contributed by atoms with van der Waals surface area (Å²) in [5.74, 6) is 0. The van der Waals surface area contributed by atoms with Crippen molar-refractivity contribution < 1.29 is 4.74 Å². The maximum Gasteiger partial charge on any atom is 0.0466 e. The molecule has 0 bridgehead atoms. The van der Waals surface area contributed by atoms with Gasteiger partial charge in [-0.15, -0.1) is 0 Å². The topological polar surface area (TPSA) is 9.23 Å². The van der Waals surface area contributed by atoms with Crippen LogP contribution in [0.15, 0.2) is 0 Å². The molecule has 0 spiro atoms. The zero-order chi connectivity index (χ0) is 6.95. The Morgan fingerprint density at radius 2 is 1.44 bits per heavy atom. The van der Waals surface area contributed by atoms with Gasteiger partial charge in [-0.3, -0.25) is 0 Å². The van der Waals surface area contributed by atoms with Crippen molar-refractivity contribution in [1.82, 2.24) is 0 Å². The predicted molar refractivity (Wildman–Crippen MR) is 40.6 cm³/mol. The molecule has 0 aromatic carbocycles.